The molecule has 1 aromatic carbocycles. The average Bonchev–Trinajstić information content (AvgIpc) is 2.85. The molecule has 0 aromatic heterocycles. The van der Waals surface area contributed by atoms with Gasteiger partial charge < -0.3 is 14.6 Å². The van der Waals surface area contributed by atoms with Gasteiger partial charge in [0.15, 0.2) is 21.8 Å². The van der Waals surface area contributed by atoms with Gasteiger partial charge in [-0.2, -0.15) is 0 Å². The molecule has 1 heterocycles. The zero-order valence-electron chi connectivity index (χ0n) is 20.7. The van der Waals surface area contributed by atoms with Crippen LogP contribution in [0.1, 0.15) is 52.4 Å². The van der Waals surface area contributed by atoms with Gasteiger partial charge in [-0.05, 0) is 57.1 Å². The molecule has 3 rings (SSSR count). The summed E-state index contributed by atoms with van der Waals surface area (Å²) in [4.78, 5) is 37.4. The zero-order valence-corrected chi connectivity index (χ0v) is 21.5. The highest BCUT2D eigenvalue weighted by atomic mass is 32.2. The van der Waals surface area contributed by atoms with E-state index in [0.29, 0.717) is 6.42 Å². The second-order valence-corrected chi connectivity index (χ2v) is 11.6. The van der Waals surface area contributed by atoms with Crippen molar-refractivity contribution in [1.82, 2.24) is 10.6 Å². The van der Waals surface area contributed by atoms with Crippen LogP contribution in [0.15, 0.2) is 35.2 Å². The summed E-state index contributed by atoms with van der Waals surface area (Å²) >= 11 is 0. The number of carbonyl (C=O) groups excluding carboxylic acids is 2. The van der Waals surface area contributed by atoms with Crippen molar-refractivity contribution in [2.75, 3.05) is 12.4 Å². The normalized spacial score (nSPS) is 25.7. The number of rotatable bonds is 11. The fourth-order valence-electron chi connectivity index (χ4n) is 5.32. The fourth-order valence-corrected chi connectivity index (χ4v) is 6.67. The molecule has 0 bridgehead atoms. The van der Waals surface area contributed by atoms with E-state index in [-0.39, 0.29) is 41.3 Å². The summed E-state index contributed by atoms with van der Waals surface area (Å²) in [6, 6.07) is 5.54. The molecule has 1 aliphatic carbocycles. The first kappa shape index (κ1) is 28.1. The monoisotopic (exact) mass is 524 g/mol. The number of piperidine rings is 1. The van der Waals surface area contributed by atoms with E-state index in [2.05, 4.69) is 10.6 Å². The maximum atomic E-state index is 13.5. The van der Waals surface area contributed by atoms with Crippen LogP contribution in [0.5, 0.6) is 0 Å². The highest BCUT2D eigenvalue weighted by Crippen LogP contribution is 2.39. The number of hydrogen-bond donors (Lipinski definition) is 3. The molecule has 1 saturated heterocycles. The summed E-state index contributed by atoms with van der Waals surface area (Å²) in [7, 11) is -3.63. The van der Waals surface area contributed by atoms with E-state index in [1.54, 1.807) is 32.0 Å². The van der Waals surface area contributed by atoms with Crippen molar-refractivity contribution in [2.24, 2.45) is 11.8 Å². The van der Waals surface area contributed by atoms with Crippen molar-refractivity contribution in [3.63, 3.8) is 0 Å². The van der Waals surface area contributed by atoms with E-state index in [1.165, 1.54) is 12.1 Å². The molecule has 0 spiro atoms. The van der Waals surface area contributed by atoms with Crippen molar-refractivity contribution in [3.8, 4) is 0 Å². The predicted molar refractivity (Wildman–Crippen MR) is 131 cm³/mol. The Morgan fingerprint density at radius 3 is 2.53 bits per heavy atom. The van der Waals surface area contributed by atoms with Gasteiger partial charge in [0.25, 0.3) is 0 Å². The second-order valence-electron chi connectivity index (χ2n) is 9.48. The standard InChI is InChI=1S/C25H36N2O8S/c1-3-34-24(29)20(13-14-36(32,33)18-10-5-4-6-11-18)26-16(2)23(28)22-19-12-8-7-9-17(19)15-21(27-22)35-25(30)31/h4-6,10-11,16-17,19-22,26-27H,3,7-9,12-15H2,1-2H3,(H,30,31)/t16-,17?,19?,20?,21?,22?/m0/s1. The van der Waals surface area contributed by atoms with Gasteiger partial charge in [0.05, 0.1) is 29.3 Å². The third kappa shape index (κ3) is 7.27. The van der Waals surface area contributed by atoms with Crippen LogP contribution >= 0.6 is 0 Å². The van der Waals surface area contributed by atoms with Crippen LogP contribution in [0.3, 0.4) is 0 Å². The first-order valence-corrected chi connectivity index (χ1v) is 14.2. The van der Waals surface area contributed by atoms with Gasteiger partial charge in [-0.3, -0.25) is 20.2 Å². The first-order chi connectivity index (χ1) is 17.1. The lowest BCUT2D eigenvalue weighted by atomic mass is 9.69. The van der Waals surface area contributed by atoms with E-state index in [1.807, 2.05) is 0 Å². The number of benzene rings is 1. The Bertz CT molecular complexity index is 1020. The van der Waals surface area contributed by atoms with Gasteiger partial charge in [0.1, 0.15) is 6.04 Å². The third-order valence-electron chi connectivity index (χ3n) is 7.05. The molecule has 2 aliphatic rings. The van der Waals surface area contributed by atoms with Crippen molar-refractivity contribution in [1.29, 1.82) is 0 Å². The molecule has 1 saturated carbocycles. The molecule has 200 valence electrons. The summed E-state index contributed by atoms with van der Waals surface area (Å²) in [5.41, 5.74) is 0. The van der Waals surface area contributed by atoms with Gasteiger partial charge >= 0.3 is 12.1 Å². The van der Waals surface area contributed by atoms with Crippen molar-refractivity contribution >= 4 is 27.7 Å². The highest BCUT2D eigenvalue weighted by Gasteiger charge is 2.44. The molecule has 1 aliphatic heterocycles. The van der Waals surface area contributed by atoms with Crippen LogP contribution in [0.25, 0.3) is 0 Å². The Hall–Kier alpha value is -2.50. The minimum Gasteiger partial charge on any atom is -0.465 e. The smallest absolute Gasteiger partial charge is 0.465 e. The topological polar surface area (TPSA) is 148 Å². The lowest BCUT2D eigenvalue weighted by Gasteiger charge is -2.44. The Kier molecular flexibility index (Phi) is 9.86. The van der Waals surface area contributed by atoms with Gasteiger partial charge in [-0.1, -0.05) is 31.0 Å². The third-order valence-corrected chi connectivity index (χ3v) is 8.82. The Morgan fingerprint density at radius 2 is 1.86 bits per heavy atom. The van der Waals surface area contributed by atoms with Crippen LogP contribution in [0, 0.1) is 11.8 Å². The Balaban J connectivity index is 1.71. The molecule has 11 heteroatoms. The van der Waals surface area contributed by atoms with E-state index in [9.17, 15) is 22.8 Å². The Labute approximate surface area is 212 Å². The molecule has 0 amide bonds. The van der Waals surface area contributed by atoms with Crippen molar-refractivity contribution in [3.05, 3.63) is 30.3 Å². The van der Waals surface area contributed by atoms with Gasteiger partial charge in [-0.15, -0.1) is 0 Å². The van der Waals surface area contributed by atoms with Gasteiger partial charge in [0.2, 0.25) is 0 Å². The van der Waals surface area contributed by atoms with Crippen LogP contribution in [-0.4, -0.2) is 68.1 Å². The van der Waals surface area contributed by atoms with Crippen LogP contribution in [0.2, 0.25) is 0 Å². The molecule has 2 fully saturated rings. The average molecular weight is 525 g/mol. The summed E-state index contributed by atoms with van der Waals surface area (Å²) in [5.74, 6) is -0.925. The van der Waals surface area contributed by atoms with Crippen molar-refractivity contribution < 1.29 is 37.4 Å². The maximum Gasteiger partial charge on any atom is 0.507 e. The summed E-state index contributed by atoms with van der Waals surface area (Å²) in [5, 5.41) is 15.1. The summed E-state index contributed by atoms with van der Waals surface area (Å²) in [6.45, 7) is 3.40. The number of carbonyl (C=O) groups is 3. The second kappa shape index (κ2) is 12.6. The molecule has 10 nitrogen and oxygen atoms in total. The van der Waals surface area contributed by atoms with Gasteiger partial charge in [0, 0.05) is 6.42 Å². The number of fused-ring (bicyclic) bond motifs is 1. The van der Waals surface area contributed by atoms with Crippen LogP contribution < -0.4 is 10.6 Å². The van der Waals surface area contributed by atoms with E-state index in [4.69, 9.17) is 14.6 Å². The molecule has 5 unspecified atom stereocenters. The number of Topliss-reactive ketones (excluding diaryl/α,β-unsaturated/α-hetero) is 1. The van der Waals surface area contributed by atoms with Crippen LogP contribution in [-0.2, 0) is 28.9 Å². The lowest BCUT2D eigenvalue weighted by molar-refractivity contribution is -0.146. The fraction of sp³-hybridized carbons (Fsp3) is 0.640. The molecular formula is C25H36N2O8S. The summed E-state index contributed by atoms with van der Waals surface area (Å²) < 4.78 is 35.6. The number of nitrogens with one attached hydrogen (secondary N) is 2. The minimum absolute atomic E-state index is 0.0450. The highest BCUT2D eigenvalue weighted by molar-refractivity contribution is 7.91. The minimum atomic E-state index is -3.63. The number of ketones is 1. The van der Waals surface area contributed by atoms with E-state index in [0.717, 1.165) is 25.7 Å². The number of carboxylic acid groups (broad SMARTS) is 1. The largest absolute Gasteiger partial charge is 0.507 e. The summed E-state index contributed by atoms with van der Waals surface area (Å²) in [6.07, 6.45) is 2.03. The molecule has 1 aromatic rings. The van der Waals surface area contributed by atoms with E-state index < -0.39 is 46.3 Å². The predicted octanol–water partition coefficient (Wildman–Crippen LogP) is 2.52. The molecule has 36 heavy (non-hydrogen) atoms. The van der Waals surface area contributed by atoms with Crippen molar-refractivity contribution in [2.45, 2.75) is 81.6 Å². The molecule has 6 atom stereocenters. The van der Waals surface area contributed by atoms with Gasteiger partial charge in [-0.25, -0.2) is 13.2 Å². The zero-order chi connectivity index (χ0) is 26.3. The SMILES string of the molecule is CCOC(=O)C(CCS(=O)(=O)c1ccccc1)N[C@@H](C)C(=O)C1NC(OC(=O)O)CC2CCCCC21. The quantitative estimate of drug-likeness (QED) is 0.369. The number of sulfone groups is 1. The number of hydrogen-bond acceptors (Lipinski definition) is 9. The molecular weight excluding hydrogens is 488 g/mol. The number of ether oxygens (including phenoxy) is 2. The van der Waals surface area contributed by atoms with Crippen LogP contribution in [0.4, 0.5) is 4.79 Å². The molecule has 3 N–H and O–H groups in total. The Morgan fingerprint density at radius 1 is 1.17 bits per heavy atom. The van der Waals surface area contributed by atoms with E-state index >= 15 is 0 Å². The number of esters is 1. The maximum absolute atomic E-state index is 13.5. The first-order valence-electron chi connectivity index (χ1n) is 12.5. The lowest BCUT2D eigenvalue weighted by Crippen LogP contribution is -2.61. The molecule has 0 radical (unpaired) electrons.